The summed E-state index contributed by atoms with van der Waals surface area (Å²) in [7, 11) is 0. The van der Waals surface area contributed by atoms with Crippen molar-refractivity contribution in [3.8, 4) is 0 Å². The molecule has 3 saturated heterocycles. The van der Waals surface area contributed by atoms with E-state index in [0.29, 0.717) is 12.0 Å². The highest BCUT2D eigenvalue weighted by molar-refractivity contribution is 5.94. The van der Waals surface area contributed by atoms with Gasteiger partial charge in [0.05, 0.1) is 5.56 Å². The van der Waals surface area contributed by atoms with Crippen LogP contribution in [0.15, 0.2) is 30.5 Å². The van der Waals surface area contributed by atoms with Crippen molar-refractivity contribution in [3.63, 3.8) is 0 Å². The van der Waals surface area contributed by atoms with Gasteiger partial charge in [-0.25, -0.2) is 0 Å². The first-order chi connectivity index (χ1) is 10.2. The summed E-state index contributed by atoms with van der Waals surface area (Å²) in [5.41, 5.74) is 3.03. The van der Waals surface area contributed by atoms with Gasteiger partial charge in [-0.15, -0.1) is 0 Å². The molecular weight excluding hydrogens is 262 g/mol. The van der Waals surface area contributed by atoms with E-state index in [1.807, 2.05) is 18.3 Å². The molecule has 4 heteroatoms. The molecule has 0 unspecified atom stereocenters. The number of rotatable bonds is 2. The highest BCUT2D eigenvalue weighted by Crippen LogP contribution is 2.27. The van der Waals surface area contributed by atoms with E-state index in [1.165, 1.54) is 25.9 Å². The van der Waals surface area contributed by atoms with Gasteiger partial charge in [0.25, 0.3) is 5.91 Å². The lowest BCUT2D eigenvalue weighted by atomic mass is 9.84. The summed E-state index contributed by atoms with van der Waals surface area (Å²) in [5, 5.41) is 3.25. The van der Waals surface area contributed by atoms with Crippen molar-refractivity contribution in [1.29, 1.82) is 0 Å². The minimum absolute atomic E-state index is 0.0590. The van der Waals surface area contributed by atoms with E-state index in [4.69, 9.17) is 0 Å². The summed E-state index contributed by atoms with van der Waals surface area (Å²) in [4.78, 5) is 15.0. The molecule has 21 heavy (non-hydrogen) atoms. The number of hydrogen-bond acceptors (Lipinski definition) is 2. The van der Waals surface area contributed by atoms with Gasteiger partial charge in [0.15, 0.2) is 0 Å². The van der Waals surface area contributed by atoms with Gasteiger partial charge in [0.2, 0.25) is 0 Å². The molecule has 4 nitrogen and oxygen atoms in total. The van der Waals surface area contributed by atoms with Gasteiger partial charge in [0, 0.05) is 30.0 Å². The van der Waals surface area contributed by atoms with E-state index in [0.717, 1.165) is 23.3 Å². The standard InChI is InChI=1S/C17H21N3O/c1-12-2-4-15-5-3-14(10-20(12)15)17(21)18-16-11-19-8-6-13(16)7-9-19/h2-5,10,13,16H,6-9,11H2,1H3,(H,18,21)/t16-/m0/s1. The molecule has 0 aliphatic carbocycles. The topological polar surface area (TPSA) is 36.8 Å². The van der Waals surface area contributed by atoms with E-state index in [2.05, 4.69) is 33.7 Å². The first kappa shape index (κ1) is 12.9. The van der Waals surface area contributed by atoms with Crippen molar-refractivity contribution in [2.75, 3.05) is 19.6 Å². The quantitative estimate of drug-likeness (QED) is 0.916. The molecule has 3 aliphatic heterocycles. The fraction of sp³-hybridized carbons (Fsp3) is 0.471. The van der Waals surface area contributed by atoms with E-state index in [1.54, 1.807) is 0 Å². The van der Waals surface area contributed by atoms with Crippen LogP contribution in [0.3, 0.4) is 0 Å². The molecule has 0 radical (unpaired) electrons. The molecule has 0 aromatic carbocycles. The first-order valence-corrected chi connectivity index (χ1v) is 7.82. The number of amides is 1. The Morgan fingerprint density at radius 1 is 1.19 bits per heavy atom. The van der Waals surface area contributed by atoms with Crippen LogP contribution in [0.2, 0.25) is 0 Å². The summed E-state index contributed by atoms with van der Waals surface area (Å²) >= 11 is 0. The van der Waals surface area contributed by atoms with Crippen LogP contribution < -0.4 is 5.32 Å². The second-order valence-corrected chi connectivity index (χ2v) is 6.41. The lowest BCUT2D eigenvalue weighted by Crippen LogP contribution is -2.57. The molecule has 2 aromatic rings. The number of nitrogens with zero attached hydrogens (tertiary/aromatic N) is 2. The number of carbonyl (C=O) groups is 1. The normalized spacial score (nSPS) is 28.0. The number of carbonyl (C=O) groups excluding carboxylic acids is 1. The maximum atomic E-state index is 12.5. The highest BCUT2D eigenvalue weighted by Gasteiger charge is 2.34. The predicted molar refractivity (Wildman–Crippen MR) is 82.6 cm³/mol. The summed E-state index contributed by atoms with van der Waals surface area (Å²) in [6.07, 6.45) is 4.39. The van der Waals surface area contributed by atoms with E-state index in [9.17, 15) is 4.79 Å². The third-order valence-electron chi connectivity index (χ3n) is 5.09. The van der Waals surface area contributed by atoms with Crippen molar-refractivity contribution in [1.82, 2.24) is 14.6 Å². The van der Waals surface area contributed by atoms with Gasteiger partial charge >= 0.3 is 0 Å². The maximum absolute atomic E-state index is 12.5. The Morgan fingerprint density at radius 2 is 1.95 bits per heavy atom. The number of hydrogen-bond donors (Lipinski definition) is 1. The lowest BCUT2D eigenvalue weighted by molar-refractivity contribution is 0.0620. The first-order valence-electron chi connectivity index (χ1n) is 7.82. The predicted octanol–water partition coefficient (Wildman–Crippen LogP) is 2.07. The molecule has 0 saturated carbocycles. The van der Waals surface area contributed by atoms with Crippen LogP contribution in [0.1, 0.15) is 28.9 Å². The Balaban J connectivity index is 1.54. The van der Waals surface area contributed by atoms with Crippen LogP contribution >= 0.6 is 0 Å². The number of nitrogens with one attached hydrogen (secondary N) is 1. The molecule has 3 fully saturated rings. The smallest absolute Gasteiger partial charge is 0.253 e. The van der Waals surface area contributed by atoms with Gasteiger partial charge < -0.3 is 14.6 Å². The Hall–Kier alpha value is -1.81. The molecule has 3 aliphatic rings. The minimum atomic E-state index is 0.0590. The zero-order valence-corrected chi connectivity index (χ0v) is 12.4. The van der Waals surface area contributed by atoms with Crippen molar-refractivity contribution >= 4 is 11.4 Å². The van der Waals surface area contributed by atoms with Crippen molar-refractivity contribution in [3.05, 3.63) is 41.7 Å². The molecule has 2 aromatic heterocycles. The molecule has 1 amide bonds. The van der Waals surface area contributed by atoms with Crippen LogP contribution in [0.25, 0.3) is 5.52 Å². The Bertz CT molecular complexity index is 682. The van der Waals surface area contributed by atoms with E-state index in [-0.39, 0.29) is 5.91 Å². The minimum Gasteiger partial charge on any atom is -0.348 e. The number of piperidine rings is 3. The van der Waals surface area contributed by atoms with E-state index < -0.39 is 0 Å². The van der Waals surface area contributed by atoms with E-state index >= 15 is 0 Å². The zero-order valence-electron chi connectivity index (χ0n) is 12.4. The van der Waals surface area contributed by atoms with Crippen molar-refractivity contribution in [2.45, 2.75) is 25.8 Å². The van der Waals surface area contributed by atoms with Gasteiger partial charge in [0.1, 0.15) is 0 Å². The summed E-state index contributed by atoms with van der Waals surface area (Å²) in [6, 6.07) is 8.40. The van der Waals surface area contributed by atoms with Gasteiger partial charge in [-0.3, -0.25) is 4.79 Å². The van der Waals surface area contributed by atoms with Crippen LogP contribution in [0.5, 0.6) is 0 Å². The average molecular weight is 283 g/mol. The van der Waals surface area contributed by atoms with Crippen LogP contribution in [0, 0.1) is 12.8 Å². The third kappa shape index (κ3) is 2.23. The highest BCUT2D eigenvalue weighted by atomic mass is 16.1. The fourth-order valence-corrected chi connectivity index (χ4v) is 3.75. The largest absolute Gasteiger partial charge is 0.348 e. The van der Waals surface area contributed by atoms with Crippen molar-refractivity contribution in [2.24, 2.45) is 5.92 Å². The molecule has 1 N–H and O–H groups in total. The monoisotopic (exact) mass is 283 g/mol. The number of aryl methyl sites for hydroxylation is 1. The second kappa shape index (κ2) is 4.88. The average Bonchev–Trinajstić information content (AvgIpc) is 2.89. The molecular formula is C17H21N3O. The lowest BCUT2D eigenvalue weighted by Gasteiger charge is -2.44. The summed E-state index contributed by atoms with van der Waals surface area (Å²) in [6.45, 7) is 5.47. The van der Waals surface area contributed by atoms with Crippen LogP contribution in [-0.2, 0) is 0 Å². The number of aromatic nitrogens is 1. The Kier molecular flexibility index (Phi) is 3.00. The van der Waals surface area contributed by atoms with Crippen molar-refractivity contribution < 1.29 is 4.79 Å². The number of fused-ring (bicyclic) bond motifs is 4. The maximum Gasteiger partial charge on any atom is 0.253 e. The number of pyridine rings is 1. The second-order valence-electron chi connectivity index (χ2n) is 6.41. The molecule has 1 atom stereocenters. The fourth-order valence-electron chi connectivity index (χ4n) is 3.75. The molecule has 5 rings (SSSR count). The third-order valence-corrected chi connectivity index (χ3v) is 5.09. The molecule has 0 spiro atoms. The summed E-state index contributed by atoms with van der Waals surface area (Å²) in [5.74, 6) is 0.722. The van der Waals surface area contributed by atoms with Gasteiger partial charge in [-0.2, -0.15) is 0 Å². The van der Waals surface area contributed by atoms with Crippen LogP contribution in [-0.4, -0.2) is 40.9 Å². The molecule has 2 bridgehead atoms. The Morgan fingerprint density at radius 3 is 2.67 bits per heavy atom. The SMILES string of the molecule is Cc1ccc2ccc(C(=O)N[C@H]3CN4CCC3CC4)cn12. The molecule has 110 valence electrons. The molecule has 5 heterocycles. The van der Waals surface area contributed by atoms with Gasteiger partial charge in [-0.1, -0.05) is 0 Å². The zero-order chi connectivity index (χ0) is 14.4. The van der Waals surface area contributed by atoms with Crippen LogP contribution in [0.4, 0.5) is 0 Å². The summed E-state index contributed by atoms with van der Waals surface area (Å²) < 4.78 is 2.07. The van der Waals surface area contributed by atoms with Gasteiger partial charge in [-0.05, 0) is 63.0 Å². The Labute approximate surface area is 124 Å².